The van der Waals surface area contributed by atoms with E-state index < -0.39 is 29.5 Å². The fourth-order valence-electron chi connectivity index (χ4n) is 1.68. The number of ketones is 1. The zero-order chi connectivity index (χ0) is 15.1. The highest BCUT2D eigenvalue weighted by molar-refractivity contribution is 6.04. The lowest BCUT2D eigenvalue weighted by atomic mass is 10.0. The van der Waals surface area contributed by atoms with Gasteiger partial charge in [-0.15, -0.1) is 5.06 Å². The monoisotopic (exact) mass is 287 g/mol. The Balaban J connectivity index is 2.56. The minimum Gasteiger partial charge on any atom is -0.394 e. The van der Waals surface area contributed by atoms with Crippen molar-refractivity contribution in [2.45, 2.75) is 26.2 Å². The molecule has 1 heterocycles. The second kappa shape index (κ2) is 7.71. The van der Waals surface area contributed by atoms with E-state index >= 15 is 0 Å². The number of imide groups is 1. The quantitative estimate of drug-likeness (QED) is 0.353. The minimum atomic E-state index is -1.10. The molecule has 0 aromatic heterocycles. The summed E-state index contributed by atoms with van der Waals surface area (Å²) < 4.78 is 4.83. The van der Waals surface area contributed by atoms with Crippen LogP contribution in [0.15, 0.2) is 0 Å². The summed E-state index contributed by atoms with van der Waals surface area (Å²) in [5.41, 5.74) is 0. The Labute approximate surface area is 115 Å². The molecule has 1 aliphatic rings. The number of nitrogens with zero attached hydrogens (tertiary/aromatic N) is 1. The first-order valence-electron chi connectivity index (χ1n) is 6.30. The predicted molar refractivity (Wildman–Crippen MR) is 63.9 cm³/mol. The Bertz CT molecular complexity index is 391. The van der Waals surface area contributed by atoms with Gasteiger partial charge in [0.2, 0.25) is 0 Å². The van der Waals surface area contributed by atoms with Gasteiger partial charge in [-0.2, -0.15) is 0 Å². The van der Waals surface area contributed by atoms with E-state index in [-0.39, 0.29) is 39.1 Å². The van der Waals surface area contributed by atoms with Crippen LogP contribution < -0.4 is 0 Å². The van der Waals surface area contributed by atoms with Gasteiger partial charge in [0.15, 0.2) is 5.78 Å². The Morgan fingerprint density at radius 1 is 1.30 bits per heavy atom. The average Bonchev–Trinajstić information content (AvgIpc) is 2.72. The van der Waals surface area contributed by atoms with Crippen LogP contribution in [-0.4, -0.2) is 53.6 Å². The summed E-state index contributed by atoms with van der Waals surface area (Å²) in [6.07, 6.45) is 0.156. The van der Waals surface area contributed by atoms with Gasteiger partial charge in [0.1, 0.15) is 12.5 Å². The second-order valence-corrected chi connectivity index (χ2v) is 4.20. The third-order valence-electron chi connectivity index (χ3n) is 2.75. The smallest absolute Gasteiger partial charge is 0.343 e. The minimum absolute atomic E-state index is 0.00351. The molecule has 1 unspecified atom stereocenters. The molecule has 0 bridgehead atoms. The second-order valence-electron chi connectivity index (χ2n) is 4.20. The summed E-state index contributed by atoms with van der Waals surface area (Å²) in [6, 6.07) is 0. The van der Waals surface area contributed by atoms with Gasteiger partial charge in [-0.05, 0) is 6.42 Å². The van der Waals surface area contributed by atoms with Gasteiger partial charge in [-0.25, -0.2) is 4.79 Å². The van der Waals surface area contributed by atoms with Gasteiger partial charge in [-0.1, -0.05) is 6.92 Å². The third kappa shape index (κ3) is 4.10. The highest BCUT2D eigenvalue weighted by Gasteiger charge is 2.36. The molecule has 0 aliphatic carbocycles. The summed E-state index contributed by atoms with van der Waals surface area (Å²) in [7, 11) is 0. The topological polar surface area (TPSA) is 110 Å². The molecular weight excluding hydrogens is 270 g/mol. The van der Waals surface area contributed by atoms with Crippen molar-refractivity contribution in [2.75, 3.05) is 19.8 Å². The zero-order valence-electron chi connectivity index (χ0n) is 11.2. The predicted octanol–water partition coefficient (Wildman–Crippen LogP) is -0.802. The Morgan fingerprint density at radius 2 is 1.90 bits per heavy atom. The molecule has 1 rings (SSSR count). The first-order chi connectivity index (χ1) is 9.51. The van der Waals surface area contributed by atoms with E-state index in [9.17, 15) is 19.2 Å². The molecule has 1 N–H and O–H groups in total. The first kappa shape index (κ1) is 16.3. The van der Waals surface area contributed by atoms with Crippen LogP contribution in [0.1, 0.15) is 26.2 Å². The van der Waals surface area contributed by atoms with Gasteiger partial charge in [-0.3, -0.25) is 14.4 Å². The van der Waals surface area contributed by atoms with Crippen molar-refractivity contribution in [3.8, 4) is 0 Å². The molecular formula is C12H17NO7. The number of amides is 2. The summed E-state index contributed by atoms with van der Waals surface area (Å²) in [6.45, 7) is 1.02. The van der Waals surface area contributed by atoms with Crippen molar-refractivity contribution in [1.29, 1.82) is 0 Å². The molecule has 20 heavy (non-hydrogen) atoms. The lowest BCUT2D eigenvalue weighted by molar-refractivity contribution is -0.201. The van der Waals surface area contributed by atoms with Gasteiger partial charge >= 0.3 is 5.97 Å². The number of ether oxygens (including phenoxy) is 1. The largest absolute Gasteiger partial charge is 0.394 e. The number of carbonyl (C=O) groups excluding carboxylic acids is 4. The van der Waals surface area contributed by atoms with Gasteiger partial charge in [0, 0.05) is 12.8 Å². The van der Waals surface area contributed by atoms with Gasteiger partial charge in [0.25, 0.3) is 11.8 Å². The lowest BCUT2D eigenvalue weighted by Crippen LogP contribution is -2.37. The summed E-state index contributed by atoms with van der Waals surface area (Å²) in [5.74, 6) is -3.77. The van der Waals surface area contributed by atoms with Crippen molar-refractivity contribution < 1.29 is 33.9 Å². The summed E-state index contributed by atoms with van der Waals surface area (Å²) in [4.78, 5) is 50.8. The first-order valence-corrected chi connectivity index (χ1v) is 6.30. The van der Waals surface area contributed by atoms with Gasteiger partial charge < -0.3 is 14.7 Å². The molecule has 2 amide bonds. The molecule has 1 atom stereocenters. The molecule has 0 aromatic carbocycles. The van der Waals surface area contributed by atoms with E-state index in [1.54, 1.807) is 6.92 Å². The lowest BCUT2D eigenvalue weighted by Gasteiger charge is -2.17. The SMILES string of the molecule is CCC(C(=O)COCCO)C(=O)ON1C(=O)CCC1=O. The normalized spacial score (nSPS) is 16.4. The maximum atomic E-state index is 11.8. The molecule has 0 spiro atoms. The van der Waals surface area contributed by atoms with Crippen molar-refractivity contribution in [1.82, 2.24) is 5.06 Å². The number of hydrogen-bond acceptors (Lipinski definition) is 7. The van der Waals surface area contributed by atoms with E-state index in [0.29, 0.717) is 5.06 Å². The summed E-state index contributed by atoms with van der Waals surface area (Å²) >= 11 is 0. The van der Waals surface area contributed by atoms with E-state index in [2.05, 4.69) is 4.84 Å². The maximum Gasteiger partial charge on any atom is 0.343 e. The number of hydrogen-bond donors (Lipinski definition) is 1. The van der Waals surface area contributed by atoms with Crippen LogP contribution in [0.2, 0.25) is 0 Å². The van der Waals surface area contributed by atoms with Crippen molar-refractivity contribution in [3.63, 3.8) is 0 Å². The molecule has 8 nitrogen and oxygen atoms in total. The fourth-order valence-corrected chi connectivity index (χ4v) is 1.68. The standard InChI is InChI=1S/C12H17NO7/c1-2-8(9(15)7-19-6-5-14)12(18)20-13-10(16)3-4-11(13)17/h8,14H,2-7H2,1H3. The zero-order valence-corrected chi connectivity index (χ0v) is 11.2. The van der Waals surface area contributed by atoms with E-state index in [0.717, 1.165) is 0 Å². The highest BCUT2D eigenvalue weighted by atomic mass is 16.7. The van der Waals surface area contributed by atoms with Crippen LogP contribution in [0.3, 0.4) is 0 Å². The Kier molecular flexibility index (Phi) is 6.26. The van der Waals surface area contributed by atoms with Gasteiger partial charge in [0.05, 0.1) is 13.2 Å². The number of carbonyl (C=O) groups is 4. The van der Waals surface area contributed by atoms with Crippen LogP contribution in [0, 0.1) is 5.92 Å². The Hall–Kier alpha value is -1.80. The van der Waals surface area contributed by atoms with Crippen LogP contribution in [-0.2, 0) is 28.8 Å². The average molecular weight is 287 g/mol. The number of rotatable bonds is 8. The molecule has 1 aliphatic heterocycles. The molecule has 0 saturated carbocycles. The molecule has 8 heteroatoms. The van der Waals surface area contributed by atoms with Crippen molar-refractivity contribution >= 4 is 23.6 Å². The molecule has 0 radical (unpaired) electrons. The molecule has 112 valence electrons. The van der Waals surface area contributed by atoms with Crippen molar-refractivity contribution in [2.24, 2.45) is 5.92 Å². The van der Waals surface area contributed by atoms with Crippen LogP contribution in [0.5, 0.6) is 0 Å². The maximum absolute atomic E-state index is 11.8. The molecule has 0 aromatic rings. The van der Waals surface area contributed by atoms with E-state index in [1.165, 1.54) is 0 Å². The van der Waals surface area contributed by atoms with E-state index in [1.807, 2.05) is 0 Å². The van der Waals surface area contributed by atoms with Crippen molar-refractivity contribution in [3.05, 3.63) is 0 Å². The molecule has 1 fully saturated rings. The number of hydroxylamine groups is 2. The highest BCUT2D eigenvalue weighted by Crippen LogP contribution is 2.15. The van der Waals surface area contributed by atoms with Crippen LogP contribution >= 0.6 is 0 Å². The summed E-state index contributed by atoms with van der Waals surface area (Å²) in [5, 5.41) is 8.93. The molecule has 1 saturated heterocycles. The van der Waals surface area contributed by atoms with Crippen LogP contribution in [0.4, 0.5) is 0 Å². The Morgan fingerprint density at radius 3 is 2.40 bits per heavy atom. The third-order valence-corrected chi connectivity index (χ3v) is 2.75. The fraction of sp³-hybridized carbons (Fsp3) is 0.667. The number of aliphatic hydroxyl groups excluding tert-OH is 1. The number of Topliss-reactive ketones (excluding diaryl/α,β-unsaturated/α-hetero) is 1. The number of aliphatic hydroxyl groups is 1. The van der Waals surface area contributed by atoms with Crippen LogP contribution in [0.25, 0.3) is 0 Å². The van der Waals surface area contributed by atoms with E-state index in [4.69, 9.17) is 9.84 Å².